The van der Waals surface area contributed by atoms with Crippen LogP contribution >= 0.6 is 0 Å². The zero-order valence-electron chi connectivity index (χ0n) is 13.8. The first-order chi connectivity index (χ1) is 12.1. The molecule has 3 rings (SSSR count). The number of halogens is 3. The minimum absolute atomic E-state index is 0.107. The van der Waals surface area contributed by atoms with Gasteiger partial charge in [-0.05, 0) is 23.8 Å². The van der Waals surface area contributed by atoms with E-state index in [9.17, 15) is 21.6 Å². The zero-order valence-corrected chi connectivity index (χ0v) is 14.6. The molecule has 0 amide bonds. The molecular formula is C18H14F3NO3S. The number of alkyl halides is 3. The van der Waals surface area contributed by atoms with Crippen molar-refractivity contribution >= 4 is 20.7 Å². The summed E-state index contributed by atoms with van der Waals surface area (Å²) in [5, 5.41) is 0.107. The molecule has 0 fully saturated rings. The fourth-order valence-electron chi connectivity index (χ4n) is 2.79. The highest BCUT2D eigenvalue weighted by molar-refractivity contribution is 7.90. The average molecular weight is 381 g/mol. The van der Waals surface area contributed by atoms with Gasteiger partial charge in [0.2, 0.25) is 0 Å². The Bertz CT molecular complexity index is 1090. The van der Waals surface area contributed by atoms with Gasteiger partial charge in [-0.25, -0.2) is 8.42 Å². The van der Waals surface area contributed by atoms with Gasteiger partial charge >= 0.3 is 6.18 Å². The molecule has 3 aromatic rings. The second kappa shape index (κ2) is 6.28. The van der Waals surface area contributed by atoms with Crippen LogP contribution in [0.4, 0.5) is 13.2 Å². The molecule has 0 N–H and O–H groups in total. The summed E-state index contributed by atoms with van der Waals surface area (Å²) in [4.78, 5) is 3.67. The normalized spacial score (nSPS) is 12.3. The van der Waals surface area contributed by atoms with Gasteiger partial charge in [-0.1, -0.05) is 24.3 Å². The highest BCUT2D eigenvalue weighted by atomic mass is 32.2. The molecule has 0 bridgehead atoms. The number of nitrogens with zero attached hydrogens (tertiary/aromatic N) is 1. The van der Waals surface area contributed by atoms with E-state index in [4.69, 9.17) is 4.74 Å². The molecular weight excluding hydrogens is 367 g/mol. The number of para-hydroxylation sites is 1. The lowest BCUT2D eigenvalue weighted by atomic mass is 9.99. The Morgan fingerprint density at radius 3 is 2.38 bits per heavy atom. The van der Waals surface area contributed by atoms with Gasteiger partial charge in [0.25, 0.3) is 0 Å². The van der Waals surface area contributed by atoms with Crippen molar-refractivity contribution in [3.05, 3.63) is 54.2 Å². The fourth-order valence-corrected chi connectivity index (χ4v) is 3.63. The smallest absolute Gasteiger partial charge is 0.418 e. The van der Waals surface area contributed by atoms with Crippen molar-refractivity contribution in [3.63, 3.8) is 0 Å². The van der Waals surface area contributed by atoms with Crippen molar-refractivity contribution in [2.45, 2.75) is 11.1 Å². The fraction of sp³-hybridized carbons (Fsp3) is 0.167. The Balaban J connectivity index is 2.48. The summed E-state index contributed by atoms with van der Waals surface area (Å²) in [6.45, 7) is 0. The number of sulfone groups is 1. The largest absolute Gasteiger partial charge is 0.497 e. The summed E-state index contributed by atoms with van der Waals surface area (Å²) in [6, 6.07) is 10.1. The molecule has 0 spiro atoms. The molecule has 0 atom stereocenters. The molecule has 4 nitrogen and oxygen atoms in total. The first-order valence-electron chi connectivity index (χ1n) is 7.46. The quantitative estimate of drug-likeness (QED) is 0.678. The third-order valence-electron chi connectivity index (χ3n) is 3.93. The van der Waals surface area contributed by atoms with Crippen molar-refractivity contribution < 1.29 is 26.3 Å². The van der Waals surface area contributed by atoms with Crippen molar-refractivity contribution in [1.82, 2.24) is 4.98 Å². The molecule has 0 aliphatic rings. The standard InChI is InChI=1S/C18H14F3NO3S/c1-25-12-6-3-5-11(9-12)16-13-7-4-8-14(18(19,20)21)17(13)22-10-15(16)26(2,23)24/h3-10H,1-2H3. The number of hydrogen-bond acceptors (Lipinski definition) is 4. The molecule has 0 saturated carbocycles. The minimum atomic E-state index is -4.61. The zero-order chi connectivity index (χ0) is 19.1. The highest BCUT2D eigenvalue weighted by Gasteiger charge is 2.34. The van der Waals surface area contributed by atoms with Gasteiger partial charge in [0, 0.05) is 23.4 Å². The lowest BCUT2D eigenvalue weighted by molar-refractivity contribution is -0.136. The van der Waals surface area contributed by atoms with Crippen LogP contribution < -0.4 is 4.74 Å². The molecule has 0 unspecified atom stereocenters. The Kier molecular flexibility index (Phi) is 4.39. The number of benzene rings is 2. The number of rotatable bonds is 3. The van der Waals surface area contributed by atoms with Gasteiger partial charge in [0.05, 0.1) is 23.1 Å². The van der Waals surface area contributed by atoms with E-state index in [1.807, 2.05) is 0 Å². The Labute approximate surface area is 148 Å². The number of methoxy groups -OCH3 is 1. The predicted molar refractivity (Wildman–Crippen MR) is 91.8 cm³/mol. The van der Waals surface area contributed by atoms with E-state index in [1.165, 1.54) is 19.2 Å². The first-order valence-corrected chi connectivity index (χ1v) is 9.35. The summed E-state index contributed by atoms with van der Waals surface area (Å²) in [6.07, 6.45) is -2.64. The molecule has 136 valence electrons. The summed E-state index contributed by atoms with van der Waals surface area (Å²) in [5.41, 5.74) is -0.622. The molecule has 8 heteroatoms. The maximum atomic E-state index is 13.3. The van der Waals surface area contributed by atoms with Crippen LogP contribution in [0, 0.1) is 0 Å². The molecule has 1 aromatic heterocycles. The first kappa shape index (κ1) is 18.2. The lowest BCUT2D eigenvalue weighted by Crippen LogP contribution is -2.08. The molecule has 26 heavy (non-hydrogen) atoms. The molecule has 0 radical (unpaired) electrons. The minimum Gasteiger partial charge on any atom is -0.497 e. The van der Waals surface area contributed by atoms with Gasteiger partial charge in [-0.3, -0.25) is 4.98 Å². The Morgan fingerprint density at radius 2 is 1.77 bits per heavy atom. The van der Waals surface area contributed by atoms with Crippen LogP contribution in [0.1, 0.15) is 5.56 Å². The maximum absolute atomic E-state index is 13.3. The van der Waals surface area contributed by atoms with E-state index in [-0.39, 0.29) is 21.4 Å². The van der Waals surface area contributed by atoms with Crippen LogP contribution in [-0.4, -0.2) is 26.8 Å². The van der Waals surface area contributed by atoms with Crippen LogP contribution in [0.5, 0.6) is 5.75 Å². The molecule has 1 heterocycles. The number of hydrogen-bond donors (Lipinski definition) is 0. The number of aromatic nitrogens is 1. The third kappa shape index (κ3) is 3.24. The van der Waals surface area contributed by atoms with E-state index < -0.39 is 21.6 Å². The number of ether oxygens (including phenoxy) is 1. The van der Waals surface area contributed by atoms with Crippen LogP contribution in [0.25, 0.3) is 22.0 Å². The van der Waals surface area contributed by atoms with Crippen molar-refractivity contribution in [1.29, 1.82) is 0 Å². The Hall–Kier alpha value is -2.61. The van der Waals surface area contributed by atoms with Crippen molar-refractivity contribution in [2.24, 2.45) is 0 Å². The van der Waals surface area contributed by atoms with Crippen molar-refractivity contribution in [2.75, 3.05) is 13.4 Å². The maximum Gasteiger partial charge on any atom is 0.418 e. The summed E-state index contributed by atoms with van der Waals surface area (Å²) in [5.74, 6) is 0.457. The van der Waals surface area contributed by atoms with Gasteiger partial charge in [-0.2, -0.15) is 13.2 Å². The Morgan fingerprint density at radius 1 is 1.08 bits per heavy atom. The van der Waals surface area contributed by atoms with Gasteiger partial charge < -0.3 is 4.74 Å². The third-order valence-corrected chi connectivity index (χ3v) is 5.03. The predicted octanol–water partition coefficient (Wildman–Crippen LogP) is 4.33. The van der Waals surface area contributed by atoms with Gasteiger partial charge in [-0.15, -0.1) is 0 Å². The van der Waals surface area contributed by atoms with E-state index in [0.29, 0.717) is 11.3 Å². The topological polar surface area (TPSA) is 56.3 Å². The number of fused-ring (bicyclic) bond motifs is 1. The van der Waals surface area contributed by atoms with Crippen LogP contribution in [0.15, 0.2) is 53.6 Å². The summed E-state index contributed by atoms with van der Waals surface area (Å²) in [7, 11) is -2.28. The van der Waals surface area contributed by atoms with Gasteiger partial charge in [0.15, 0.2) is 9.84 Å². The average Bonchev–Trinajstić information content (AvgIpc) is 2.58. The number of pyridine rings is 1. The monoisotopic (exact) mass is 381 g/mol. The van der Waals surface area contributed by atoms with Crippen LogP contribution in [0.2, 0.25) is 0 Å². The van der Waals surface area contributed by atoms with E-state index in [1.54, 1.807) is 24.3 Å². The van der Waals surface area contributed by atoms with Crippen LogP contribution in [-0.2, 0) is 16.0 Å². The second-order valence-corrected chi connectivity index (χ2v) is 7.69. The van der Waals surface area contributed by atoms with E-state index in [2.05, 4.69) is 4.98 Å². The second-order valence-electron chi connectivity index (χ2n) is 5.70. The highest BCUT2D eigenvalue weighted by Crippen LogP contribution is 2.40. The summed E-state index contributed by atoms with van der Waals surface area (Å²) >= 11 is 0. The van der Waals surface area contributed by atoms with Crippen LogP contribution in [0.3, 0.4) is 0 Å². The molecule has 0 aliphatic carbocycles. The molecule has 0 saturated heterocycles. The molecule has 2 aromatic carbocycles. The molecule has 0 aliphatic heterocycles. The van der Waals surface area contributed by atoms with E-state index in [0.717, 1.165) is 18.5 Å². The van der Waals surface area contributed by atoms with Gasteiger partial charge in [0.1, 0.15) is 5.75 Å². The SMILES string of the molecule is COc1cccc(-c2c(S(C)(=O)=O)cnc3c(C(F)(F)F)cccc23)c1. The summed E-state index contributed by atoms with van der Waals surface area (Å²) < 4.78 is 69.6. The van der Waals surface area contributed by atoms with Crippen molar-refractivity contribution in [3.8, 4) is 16.9 Å². The lowest BCUT2D eigenvalue weighted by Gasteiger charge is -2.15. The van der Waals surface area contributed by atoms with E-state index >= 15 is 0 Å².